The van der Waals surface area contributed by atoms with Gasteiger partial charge in [0.25, 0.3) is 0 Å². The lowest BCUT2D eigenvalue weighted by Gasteiger charge is -2.22. The Balaban J connectivity index is 0.00000272. The van der Waals surface area contributed by atoms with Crippen LogP contribution < -0.4 is 0 Å². The van der Waals surface area contributed by atoms with Gasteiger partial charge in [-0.05, 0) is 85.4 Å². The van der Waals surface area contributed by atoms with E-state index in [0.29, 0.717) is 0 Å². The molecule has 0 saturated heterocycles. The van der Waals surface area contributed by atoms with Crippen molar-refractivity contribution in [2.45, 2.75) is 39.5 Å². The first-order valence-corrected chi connectivity index (χ1v) is 10.4. The van der Waals surface area contributed by atoms with E-state index >= 15 is 0 Å². The van der Waals surface area contributed by atoms with Crippen molar-refractivity contribution in [2.24, 2.45) is 4.99 Å². The van der Waals surface area contributed by atoms with Crippen LogP contribution in [0, 0.1) is 13.8 Å². The number of nitrogens with zero attached hydrogens (tertiary/aromatic N) is 2. The molecule has 0 aliphatic heterocycles. The van der Waals surface area contributed by atoms with Crippen molar-refractivity contribution >= 4 is 23.8 Å². The Hall–Kier alpha value is -3.33. The second-order valence-corrected chi connectivity index (χ2v) is 7.96. The fraction of sp³-hybridized carbons (Fsp3) is 0.222. The van der Waals surface area contributed by atoms with Crippen molar-refractivity contribution in [3.63, 3.8) is 0 Å². The molecule has 0 saturated carbocycles. The minimum absolute atomic E-state index is 0. The van der Waals surface area contributed by atoms with Crippen LogP contribution in [0.15, 0.2) is 65.8 Å². The summed E-state index contributed by atoms with van der Waals surface area (Å²) in [6.45, 7) is 6.12. The molecular formula is C27H28N2O. The molecule has 3 heteroatoms. The molecule has 2 aromatic carbocycles. The summed E-state index contributed by atoms with van der Waals surface area (Å²) in [7, 11) is 0. The molecule has 1 heterocycles. The number of rotatable bonds is 5. The molecule has 1 aliphatic rings. The van der Waals surface area contributed by atoms with E-state index in [-0.39, 0.29) is 13.1 Å². The highest BCUT2D eigenvalue weighted by Gasteiger charge is 2.26. The summed E-state index contributed by atoms with van der Waals surface area (Å²) in [6.07, 6.45) is 8.74. The van der Waals surface area contributed by atoms with Gasteiger partial charge in [0.05, 0.1) is 11.6 Å². The largest absolute Gasteiger partial charge is 0.294 e. The first-order chi connectivity index (χ1) is 14.5. The summed E-state index contributed by atoms with van der Waals surface area (Å²) < 4.78 is 0. The average molecular weight is 397 g/mol. The zero-order valence-corrected chi connectivity index (χ0v) is 17.7. The molecule has 0 radical (unpaired) electrons. The molecule has 3 aromatic rings. The number of aliphatic imine (C=N–C) groups is 1. The lowest BCUT2D eigenvalue weighted by molar-refractivity contribution is -0.116. The van der Waals surface area contributed by atoms with Gasteiger partial charge in [-0.25, -0.2) is 0 Å². The quantitative estimate of drug-likeness (QED) is 0.483. The summed E-state index contributed by atoms with van der Waals surface area (Å²) in [4.78, 5) is 21.8. The number of benzene rings is 2. The van der Waals surface area contributed by atoms with E-state index in [9.17, 15) is 4.79 Å². The van der Waals surface area contributed by atoms with Gasteiger partial charge in [0, 0.05) is 26.0 Å². The fourth-order valence-electron chi connectivity index (χ4n) is 4.01. The maximum Gasteiger partial charge on any atom is 0.163 e. The van der Waals surface area contributed by atoms with Crippen LogP contribution in [0.2, 0.25) is 0 Å². The maximum absolute atomic E-state index is 12.8. The van der Waals surface area contributed by atoms with Gasteiger partial charge in [-0.2, -0.15) is 0 Å². The minimum atomic E-state index is -0.159. The Morgan fingerprint density at radius 1 is 1.07 bits per heavy atom. The third-order valence-electron chi connectivity index (χ3n) is 5.70. The van der Waals surface area contributed by atoms with Gasteiger partial charge in [0.1, 0.15) is 0 Å². The number of allylic oxidation sites excluding steroid dienone is 1. The minimum Gasteiger partial charge on any atom is -0.294 e. The van der Waals surface area contributed by atoms with E-state index in [1.807, 2.05) is 31.3 Å². The summed E-state index contributed by atoms with van der Waals surface area (Å²) in [6, 6.07) is 16.8. The second-order valence-electron chi connectivity index (χ2n) is 7.96. The third-order valence-corrected chi connectivity index (χ3v) is 5.70. The van der Waals surface area contributed by atoms with E-state index in [0.717, 1.165) is 35.3 Å². The van der Waals surface area contributed by atoms with Crippen LogP contribution in [0.25, 0.3) is 6.08 Å². The second kappa shape index (κ2) is 8.58. The summed E-state index contributed by atoms with van der Waals surface area (Å²) in [5, 5.41) is 0. The van der Waals surface area contributed by atoms with E-state index in [1.165, 1.54) is 22.3 Å². The SMILES string of the molecule is CC=Nc1ccc(Cc2cc3c(cn2)C=CC(=O)C3Cc2cc(C)ccc2C)cc1.[HH]. The summed E-state index contributed by atoms with van der Waals surface area (Å²) >= 11 is 0. The van der Waals surface area contributed by atoms with Gasteiger partial charge >= 0.3 is 0 Å². The van der Waals surface area contributed by atoms with Crippen LogP contribution in [-0.4, -0.2) is 17.0 Å². The predicted octanol–water partition coefficient (Wildman–Crippen LogP) is 6.18. The highest BCUT2D eigenvalue weighted by atomic mass is 16.1. The molecule has 0 amide bonds. The van der Waals surface area contributed by atoms with E-state index in [4.69, 9.17) is 0 Å². The first kappa shape index (κ1) is 20.0. The zero-order valence-electron chi connectivity index (χ0n) is 17.7. The molecule has 0 spiro atoms. The first-order valence-electron chi connectivity index (χ1n) is 10.4. The Labute approximate surface area is 179 Å². The molecule has 30 heavy (non-hydrogen) atoms. The predicted molar refractivity (Wildman–Crippen MR) is 126 cm³/mol. The maximum atomic E-state index is 12.8. The normalized spacial score (nSPS) is 15.6. The number of aromatic nitrogens is 1. The molecule has 1 aliphatic carbocycles. The van der Waals surface area contributed by atoms with Gasteiger partial charge in [0.15, 0.2) is 5.78 Å². The molecule has 1 unspecified atom stereocenters. The van der Waals surface area contributed by atoms with Crippen molar-refractivity contribution in [2.75, 3.05) is 0 Å². The number of fused-ring (bicyclic) bond motifs is 1. The Morgan fingerprint density at radius 2 is 1.87 bits per heavy atom. The summed E-state index contributed by atoms with van der Waals surface area (Å²) in [5.74, 6) is 0.0100. The highest BCUT2D eigenvalue weighted by Crippen LogP contribution is 2.32. The van der Waals surface area contributed by atoms with Crippen LogP contribution >= 0.6 is 0 Å². The van der Waals surface area contributed by atoms with Gasteiger partial charge in [-0.15, -0.1) is 0 Å². The molecule has 1 aromatic heterocycles. The molecule has 0 bridgehead atoms. The standard InChI is InChI=1S/C27H26N2O.H2/c1-4-28-23-10-7-20(8-11-23)14-24-16-25-21(17-29-24)9-12-27(30)26(25)15-22-13-18(2)5-6-19(22)3;/h4-13,16-17,26H,14-15H2,1-3H3;1H. The smallest absolute Gasteiger partial charge is 0.163 e. The Morgan fingerprint density at radius 3 is 2.63 bits per heavy atom. The van der Waals surface area contributed by atoms with Gasteiger partial charge in [0.2, 0.25) is 0 Å². The number of ketones is 1. The Kier molecular flexibility index (Phi) is 5.71. The molecule has 0 N–H and O–H groups in total. The van der Waals surface area contributed by atoms with E-state index in [1.54, 1.807) is 12.3 Å². The number of carbonyl (C=O) groups excluding carboxylic acids is 1. The molecular weight excluding hydrogens is 368 g/mol. The number of aryl methyl sites for hydroxylation is 2. The van der Waals surface area contributed by atoms with E-state index < -0.39 is 0 Å². The van der Waals surface area contributed by atoms with Gasteiger partial charge in [-0.1, -0.05) is 35.9 Å². The van der Waals surface area contributed by atoms with Crippen molar-refractivity contribution in [3.8, 4) is 0 Å². The van der Waals surface area contributed by atoms with Gasteiger partial charge < -0.3 is 0 Å². The topological polar surface area (TPSA) is 42.3 Å². The van der Waals surface area contributed by atoms with Crippen LogP contribution in [0.4, 0.5) is 5.69 Å². The van der Waals surface area contributed by atoms with Crippen molar-refractivity contribution in [1.29, 1.82) is 0 Å². The molecule has 4 rings (SSSR count). The fourth-order valence-corrected chi connectivity index (χ4v) is 4.01. The number of hydrogen-bond acceptors (Lipinski definition) is 3. The number of pyridine rings is 1. The number of hydrogen-bond donors (Lipinski definition) is 0. The highest BCUT2D eigenvalue weighted by molar-refractivity contribution is 6.02. The van der Waals surface area contributed by atoms with Crippen molar-refractivity contribution in [3.05, 3.63) is 99.9 Å². The zero-order chi connectivity index (χ0) is 21.1. The molecule has 1 atom stereocenters. The Bertz CT molecular complexity index is 1150. The molecule has 152 valence electrons. The van der Waals surface area contributed by atoms with Crippen molar-refractivity contribution in [1.82, 2.24) is 4.98 Å². The van der Waals surface area contributed by atoms with Crippen LogP contribution in [0.1, 0.15) is 53.3 Å². The van der Waals surface area contributed by atoms with Crippen molar-refractivity contribution < 1.29 is 6.22 Å². The number of carbonyl (C=O) groups is 1. The third kappa shape index (κ3) is 4.30. The molecule has 3 nitrogen and oxygen atoms in total. The van der Waals surface area contributed by atoms with Gasteiger partial charge in [-0.3, -0.25) is 14.8 Å². The lowest BCUT2D eigenvalue weighted by atomic mass is 9.81. The monoisotopic (exact) mass is 396 g/mol. The average Bonchev–Trinajstić information content (AvgIpc) is 2.74. The summed E-state index contributed by atoms with van der Waals surface area (Å²) in [5.41, 5.74) is 8.93. The lowest BCUT2D eigenvalue weighted by Crippen LogP contribution is -2.18. The van der Waals surface area contributed by atoms with E-state index in [2.05, 4.69) is 60.2 Å². The van der Waals surface area contributed by atoms with Crippen LogP contribution in [0.5, 0.6) is 0 Å². The van der Waals surface area contributed by atoms with Crippen LogP contribution in [-0.2, 0) is 17.6 Å². The van der Waals surface area contributed by atoms with Crippen LogP contribution in [0.3, 0.4) is 0 Å². The molecule has 0 fully saturated rings.